The summed E-state index contributed by atoms with van der Waals surface area (Å²) in [7, 11) is 0. The molecule has 0 amide bonds. The molecule has 0 aliphatic carbocycles. The van der Waals surface area contributed by atoms with Gasteiger partial charge in [-0.25, -0.2) is 4.68 Å². The zero-order chi connectivity index (χ0) is 11.0. The highest BCUT2D eigenvalue weighted by Gasteiger charge is 2.23. The Morgan fingerprint density at radius 1 is 1.19 bits per heavy atom. The molecular formula is C11H19N5. The van der Waals surface area contributed by atoms with Crippen LogP contribution in [0.1, 0.15) is 30.1 Å². The van der Waals surface area contributed by atoms with E-state index in [1.165, 1.54) is 5.56 Å². The van der Waals surface area contributed by atoms with Gasteiger partial charge in [0.15, 0.2) is 0 Å². The fourth-order valence-corrected chi connectivity index (χ4v) is 2.69. The van der Waals surface area contributed by atoms with Crippen molar-refractivity contribution in [1.82, 2.24) is 20.4 Å². The van der Waals surface area contributed by atoms with E-state index in [0.29, 0.717) is 6.04 Å². The van der Waals surface area contributed by atoms with Crippen molar-refractivity contribution in [3.05, 3.63) is 11.3 Å². The summed E-state index contributed by atoms with van der Waals surface area (Å²) in [5.41, 5.74) is 8.64. The second kappa shape index (κ2) is 4.07. The van der Waals surface area contributed by atoms with Gasteiger partial charge in [-0.2, -0.15) is 5.10 Å². The molecule has 88 valence electrons. The van der Waals surface area contributed by atoms with Crippen LogP contribution in [0.25, 0.3) is 0 Å². The molecule has 0 spiro atoms. The van der Waals surface area contributed by atoms with Crippen LogP contribution in [0.5, 0.6) is 0 Å². The molecule has 3 heterocycles. The SMILES string of the molecule is Nc1c2c(nn1C1CCNCC1)CNCC2. The van der Waals surface area contributed by atoms with Gasteiger partial charge in [0.1, 0.15) is 5.82 Å². The normalized spacial score (nSPS) is 22.0. The lowest BCUT2D eigenvalue weighted by molar-refractivity contribution is 0.345. The number of rotatable bonds is 1. The van der Waals surface area contributed by atoms with E-state index in [1.807, 2.05) is 0 Å². The third-order valence-electron chi connectivity index (χ3n) is 3.63. The molecule has 3 rings (SSSR count). The summed E-state index contributed by atoms with van der Waals surface area (Å²) in [5, 5.41) is 11.4. The minimum Gasteiger partial charge on any atom is -0.384 e. The number of hydrogen-bond acceptors (Lipinski definition) is 4. The van der Waals surface area contributed by atoms with Crippen LogP contribution in [0.15, 0.2) is 0 Å². The fourth-order valence-electron chi connectivity index (χ4n) is 2.69. The van der Waals surface area contributed by atoms with Crippen molar-refractivity contribution in [1.29, 1.82) is 0 Å². The smallest absolute Gasteiger partial charge is 0.125 e. The molecule has 5 heteroatoms. The third-order valence-corrected chi connectivity index (χ3v) is 3.63. The largest absolute Gasteiger partial charge is 0.384 e. The van der Waals surface area contributed by atoms with Crippen molar-refractivity contribution in [2.45, 2.75) is 31.8 Å². The number of hydrogen-bond donors (Lipinski definition) is 3. The molecule has 0 aromatic carbocycles. The first-order valence-electron chi connectivity index (χ1n) is 6.13. The Hall–Kier alpha value is -1.07. The van der Waals surface area contributed by atoms with E-state index in [0.717, 1.165) is 57.0 Å². The highest BCUT2D eigenvalue weighted by atomic mass is 15.3. The van der Waals surface area contributed by atoms with Crippen LogP contribution in [0, 0.1) is 0 Å². The zero-order valence-corrected chi connectivity index (χ0v) is 9.50. The molecular weight excluding hydrogens is 202 g/mol. The molecule has 0 saturated carbocycles. The maximum atomic E-state index is 6.21. The molecule has 1 aromatic rings. The highest BCUT2D eigenvalue weighted by molar-refractivity contribution is 5.45. The minimum atomic E-state index is 0.492. The van der Waals surface area contributed by atoms with Crippen LogP contribution in [0.4, 0.5) is 5.82 Å². The highest BCUT2D eigenvalue weighted by Crippen LogP contribution is 2.27. The zero-order valence-electron chi connectivity index (χ0n) is 9.50. The van der Waals surface area contributed by atoms with Gasteiger partial charge in [0.25, 0.3) is 0 Å². The van der Waals surface area contributed by atoms with Gasteiger partial charge in [-0.1, -0.05) is 0 Å². The number of nitrogens with zero attached hydrogens (tertiary/aromatic N) is 2. The predicted octanol–water partition coefficient (Wildman–Crippen LogP) is 0.0355. The molecule has 2 aliphatic rings. The maximum absolute atomic E-state index is 6.21. The number of fused-ring (bicyclic) bond motifs is 1. The lowest BCUT2D eigenvalue weighted by Crippen LogP contribution is -2.30. The number of nitrogen functional groups attached to an aromatic ring is 1. The topological polar surface area (TPSA) is 67.9 Å². The number of nitrogens with two attached hydrogens (primary N) is 1. The van der Waals surface area contributed by atoms with Gasteiger partial charge in [0.05, 0.1) is 11.7 Å². The Labute approximate surface area is 95.4 Å². The Morgan fingerprint density at radius 3 is 2.75 bits per heavy atom. The molecule has 2 aliphatic heterocycles. The predicted molar refractivity (Wildman–Crippen MR) is 63.2 cm³/mol. The van der Waals surface area contributed by atoms with E-state index in [4.69, 9.17) is 5.73 Å². The van der Waals surface area contributed by atoms with Crippen molar-refractivity contribution in [2.24, 2.45) is 0 Å². The van der Waals surface area contributed by atoms with Crippen LogP contribution in [-0.2, 0) is 13.0 Å². The molecule has 5 nitrogen and oxygen atoms in total. The van der Waals surface area contributed by atoms with Gasteiger partial charge in [0.2, 0.25) is 0 Å². The maximum Gasteiger partial charge on any atom is 0.125 e. The quantitative estimate of drug-likeness (QED) is 0.626. The van der Waals surface area contributed by atoms with E-state index in [-0.39, 0.29) is 0 Å². The van der Waals surface area contributed by atoms with Crippen molar-refractivity contribution in [2.75, 3.05) is 25.4 Å². The van der Waals surface area contributed by atoms with Crippen LogP contribution in [0.3, 0.4) is 0 Å². The lowest BCUT2D eigenvalue weighted by atomic mass is 10.1. The van der Waals surface area contributed by atoms with Crippen molar-refractivity contribution >= 4 is 5.82 Å². The Morgan fingerprint density at radius 2 is 2.00 bits per heavy atom. The van der Waals surface area contributed by atoms with E-state index >= 15 is 0 Å². The van der Waals surface area contributed by atoms with Gasteiger partial charge in [-0.15, -0.1) is 0 Å². The first kappa shape index (κ1) is 10.1. The van der Waals surface area contributed by atoms with Crippen LogP contribution >= 0.6 is 0 Å². The summed E-state index contributed by atoms with van der Waals surface area (Å²) >= 11 is 0. The Kier molecular flexibility index (Phi) is 2.57. The first-order valence-corrected chi connectivity index (χ1v) is 6.13. The van der Waals surface area contributed by atoms with Gasteiger partial charge >= 0.3 is 0 Å². The van der Waals surface area contributed by atoms with Crippen LogP contribution in [0.2, 0.25) is 0 Å². The molecule has 1 aromatic heterocycles. The summed E-state index contributed by atoms with van der Waals surface area (Å²) in [6, 6.07) is 0.492. The van der Waals surface area contributed by atoms with Crippen molar-refractivity contribution < 1.29 is 0 Å². The van der Waals surface area contributed by atoms with Gasteiger partial charge < -0.3 is 16.4 Å². The summed E-state index contributed by atoms with van der Waals surface area (Å²) < 4.78 is 2.07. The molecule has 1 fully saturated rings. The molecule has 0 radical (unpaired) electrons. The summed E-state index contributed by atoms with van der Waals surface area (Å²) in [5.74, 6) is 0.906. The first-order chi connectivity index (χ1) is 7.86. The number of aromatic nitrogens is 2. The van der Waals surface area contributed by atoms with Crippen LogP contribution < -0.4 is 16.4 Å². The summed E-state index contributed by atoms with van der Waals surface area (Å²) in [4.78, 5) is 0. The second-order valence-electron chi connectivity index (χ2n) is 4.66. The van der Waals surface area contributed by atoms with E-state index in [9.17, 15) is 0 Å². The summed E-state index contributed by atoms with van der Waals surface area (Å²) in [6.07, 6.45) is 3.29. The van der Waals surface area contributed by atoms with Crippen LogP contribution in [-0.4, -0.2) is 29.4 Å². The number of piperidine rings is 1. The molecule has 0 atom stereocenters. The van der Waals surface area contributed by atoms with E-state index in [1.54, 1.807) is 0 Å². The molecule has 4 N–H and O–H groups in total. The molecule has 1 saturated heterocycles. The van der Waals surface area contributed by atoms with Crippen molar-refractivity contribution in [3.8, 4) is 0 Å². The van der Waals surface area contributed by atoms with Gasteiger partial charge in [0, 0.05) is 12.1 Å². The average Bonchev–Trinajstić information content (AvgIpc) is 2.69. The molecule has 0 bridgehead atoms. The monoisotopic (exact) mass is 221 g/mol. The third kappa shape index (κ3) is 1.60. The standard InChI is InChI=1S/C11H19N5/c12-11-9-3-6-14-7-10(9)15-16(11)8-1-4-13-5-2-8/h8,13-14H,1-7,12H2. The molecule has 0 unspecified atom stereocenters. The Balaban J connectivity index is 1.91. The van der Waals surface area contributed by atoms with Gasteiger partial charge in [-0.3, -0.25) is 0 Å². The number of anilines is 1. The van der Waals surface area contributed by atoms with Gasteiger partial charge in [-0.05, 0) is 38.9 Å². The summed E-state index contributed by atoms with van der Waals surface area (Å²) in [6.45, 7) is 4.05. The fraction of sp³-hybridized carbons (Fsp3) is 0.727. The van der Waals surface area contributed by atoms with E-state index < -0.39 is 0 Å². The number of nitrogens with one attached hydrogen (secondary N) is 2. The van der Waals surface area contributed by atoms with E-state index in [2.05, 4.69) is 20.4 Å². The lowest BCUT2D eigenvalue weighted by Gasteiger charge is -2.23. The molecule has 16 heavy (non-hydrogen) atoms. The minimum absolute atomic E-state index is 0.492. The van der Waals surface area contributed by atoms with Crippen molar-refractivity contribution in [3.63, 3.8) is 0 Å². The second-order valence-corrected chi connectivity index (χ2v) is 4.66. The Bertz CT molecular complexity index is 378. The average molecular weight is 221 g/mol.